The van der Waals surface area contributed by atoms with Crippen LogP contribution in [0.25, 0.3) is 11.3 Å². The van der Waals surface area contributed by atoms with Gasteiger partial charge < -0.3 is 15.4 Å². The summed E-state index contributed by atoms with van der Waals surface area (Å²) in [5.41, 5.74) is 7.05. The van der Waals surface area contributed by atoms with Crippen LogP contribution in [-0.4, -0.2) is 16.8 Å². The fourth-order valence-corrected chi connectivity index (χ4v) is 1.37. The summed E-state index contributed by atoms with van der Waals surface area (Å²) in [7, 11) is 0. The lowest BCUT2D eigenvalue weighted by molar-refractivity contribution is 0.423. The largest absolute Gasteiger partial charge is 0.508 e. The number of rotatable bonds is 3. The molecule has 4 heteroatoms. The molecule has 0 aliphatic rings. The predicted octanol–water partition coefficient (Wildman–Crippen LogP) is 1.55. The second-order valence-electron chi connectivity index (χ2n) is 3.27. The number of phenols is 1. The summed E-state index contributed by atoms with van der Waals surface area (Å²) in [4.78, 5) is 0. The van der Waals surface area contributed by atoms with E-state index in [4.69, 9.17) is 10.3 Å². The van der Waals surface area contributed by atoms with Gasteiger partial charge in [-0.15, -0.1) is 0 Å². The quantitative estimate of drug-likeness (QED) is 0.795. The molecule has 0 radical (unpaired) electrons. The van der Waals surface area contributed by atoms with Crippen molar-refractivity contribution in [1.82, 2.24) is 5.16 Å². The Bertz CT molecular complexity index is 451. The van der Waals surface area contributed by atoms with E-state index in [1.54, 1.807) is 18.2 Å². The van der Waals surface area contributed by atoms with Crippen molar-refractivity contribution in [2.24, 2.45) is 5.73 Å². The topological polar surface area (TPSA) is 72.3 Å². The molecule has 0 atom stereocenters. The number of nitrogens with two attached hydrogens (primary N) is 1. The van der Waals surface area contributed by atoms with Crippen molar-refractivity contribution in [2.75, 3.05) is 6.54 Å². The SMILES string of the molecule is NCCc1cc(-c2cccc(O)c2)on1. The van der Waals surface area contributed by atoms with E-state index in [0.717, 1.165) is 11.3 Å². The van der Waals surface area contributed by atoms with Gasteiger partial charge in [0.1, 0.15) is 5.75 Å². The van der Waals surface area contributed by atoms with Gasteiger partial charge in [-0.3, -0.25) is 0 Å². The number of nitrogens with zero attached hydrogens (tertiary/aromatic N) is 1. The highest BCUT2D eigenvalue weighted by molar-refractivity contribution is 5.59. The standard InChI is InChI=1S/C11H12N2O2/c12-5-4-9-7-11(15-13-9)8-2-1-3-10(14)6-8/h1-3,6-7,14H,4-5,12H2. The Morgan fingerprint density at radius 2 is 2.20 bits per heavy atom. The highest BCUT2D eigenvalue weighted by Gasteiger charge is 2.06. The first-order chi connectivity index (χ1) is 7.29. The third-order valence-corrected chi connectivity index (χ3v) is 2.09. The molecular formula is C11H12N2O2. The van der Waals surface area contributed by atoms with Gasteiger partial charge in [-0.2, -0.15) is 0 Å². The molecule has 4 nitrogen and oxygen atoms in total. The fraction of sp³-hybridized carbons (Fsp3) is 0.182. The van der Waals surface area contributed by atoms with Gasteiger partial charge in [-0.1, -0.05) is 17.3 Å². The van der Waals surface area contributed by atoms with Crippen LogP contribution in [0.3, 0.4) is 0 Å². The number of hydrogen-bond donors (Lipinski definition) is 2. The molecule has 0 aliphatic carbocycles. The maximum absolute atomic E-state index is 9.30. The van der Waals surface area contributed by atoms with Gasteiger partial charge in [0, 0.05) is 18.1 Å². The highest BCUT2D eigenvalue weighted by Crippen LogP contribution is 2.23. The lowest BCUT2D eigenvalue weighted by Gasteiger charge is -1.95. The second kappa shape index (κ2) is 4.14. The van der Waals surface area contributed by atoms with Crippen LogP contribution < -0.4 is 5.73 Å². The van der Waals surface area contributed by atoms with Crippen LogP contribution in [0.15, 0.2) is 34.9 Å². The summed E-state index contributed by atoms with van der Waals surface area (Å²) in [5.74, 6) is 0.860. The summed E-state index contributed by atoms with van der Waals surface area (Å²) < 4.78 is 5.14. The minimum atomic E-state index is 0.212. The average Bonchev–Trinajstić information content (AvgIpc) is 2.67. The smallest absolute Gasteiger partial charge is 0.167 e. The molecular weight excluding hydrogens is 192 g/mol. The van der Waals surface area contributed by atoms with Crippen molar-refractivity contribution >= 4 is 0 Å². The lowest BCUT2D eigenvalue weighted by atomic mass is 10.1. The van der Waals surface area contributed by atoms with E-state index < -0.39 is 0 Å². The highest BCUT2D eigenvalue weighted by atomic mass is 16.5. The second-order valence-corrected chi connectivity index (χ2v) is 3.27. The Morgan fingerprint density at radius 1 is 1.33 bits per heavy atom. The number of benzene rings is 1. The Kier molecular flexibility index (Phi) is 2.69. The van der Waals surface area contributed by atoms with Gasteiger partial charge in [-0.05, 0) is 18.7 Å². The molecule has 1 aromatic carbocycles. The molecule has 0 saturated carbocycles. The Morgan fingerprint density at radius 3 is 2.93 bits per heavy atom. The number of phenolic OH excluding ortho intramolecular Hbond substituents is 1. The summed E-state index contributed by atoms with van der Waals surface area (Å²) in [6, 6.07) is 8.69. The van der Waals surface area contributed by atoms with Crippen molar-refractivity contribution in [1.29, 1.82) is 0 Å². The van der Waals surface area contributed by atoms with Crippen LogP contribution in [0.5, 0.6) is 5.75 Å². The van der Waals surface area contributed by atoms with Gasteiger partial charge in [0.2, 0.25) is 0 Å². The molecule has 0 fully saturated rings. The van der Waals surface area contributed by atoms with E-state index in [2.05, 4.69) is 5.16 Å². The van der Waals surface area contributed by atoms with E-state index in [1.165, 1.54) is 0 Å². The molecule has 0 bridgehead atoms. The monoisotopic (exact) mass is 204 g/mol. The van der Waals surface area contributed by atoms with Crippen molar-refractivity contribution in [3.05, 3.63) is 36.0 Å². The van der Waals surface area contributed by atoms with Crippen molar-refractivity contribution < 1.29 is 9.63 Å². The molecule has 0 amide bonds. The van der Waals surface area contributed by atoms with Gasteiger partial charge in [0.05, 0.1) is 5.69 Å². The zero-order valence-electron chi connectivity index (χ0n) is 8.18. The minimum Gasteiger partial charge on any atom is -0.508 e. The zero-order valence-corrected chi connectivity index (χ0v) is 8.18. The van der Waals surface area contributed by atoms with Crippen molar-refractivity contribution in [2.45, 2.75) is 6.42 Å². The number of aromatic hydroxyl groups is 1. The van der Waals surface area contributed by atoms with Crippen LogP contribution in [-0.2, 0) is 6.42 Å². The normalized spacial score (nSPS) is 10.5. The van der Waals surface area contributed by atoms with Gasteiger partial charge in [0.15, 0.2) is 5.76 Å². The molecule has 2 aromatic rings. The van der Waals surface area contributed by atoms with Gasteiger partial charge >= 0.3 is 0 Å². The van der Waals surface area contributed by atoms with E-state index in [0.29, 0.717) is 18.7 Å². The molecule has 2 rings (SSSR count). The van der Waals surface area contributed by atoms with Gasteiger partial charge in [-0.25, -0.2) is 0 Å². The maximum Gasteiger partial charge on any atom is 0.167 e. The molecule has 0 saturated heterocycles. The van der Waals surface area contributed by atoms with E-state index in [-0.39, 0.29) is 5.75 Å². The molecule has 78 valence electrons. The lowest BCUT2D eigenvalue weighted by Crippen LogP contribution is -2.02. The summed E-state index contributed by atoms with van der Waals surface area (Å²) in [6.45, 7) is 0.548. The zero-order chi connectivity index (χ0) is 10.7. The number of hydrogen-bond acceptors (Lipinski definition) is 4. The third-order valence-electron chi connectivity index (χ3n) is 2.09. The molecule has 0 spiro atoms. The van der Waals surface area contributed by atoms with Crippen LogP contribution in [0.2, 0.25) is 0 Å². The molecule has 0 unspecified atom stereocenters. The molecule has 0 aliphatic heterocycles. The summed E-state index contributed by atoms with van der Waals surface area (Å²) in [5, 5.41) is 13.2. The summed E-state index contributed by atoms with van der Waals surface area (Å²) in [6.07, 6.45) is 0.697. The average molecular weight is 204 g/mol. The maximum atomic E-state index is 9.30. The van der Waals surface area contributed by atoms with Crippen LogP contribution in [0, 0.1) is 0 Å². The van der Waals surface area contributed by atoms with Crippen molar-refractivity contribution in [3.8, 4) is 17.1 Å². The first-order valence-electron chi connectivity index (χ1n) is 4.74. The molecule has 3 N–H and O–H groups in total. The van der Waals surface area contributed by atoms with E-state index in [9.17, 15) is 5.11 Å². The summed E-state index contributed by atoms with van der Waals surface area (Å²) >= 11 is 0. The molecule has 1 heterocycles. The van der Waals surface area contributed by atoms with E-state index >= 15 is 0 Å². The minimum absolute atomic E-state index is 0.212. The number of aromatic nitrogens is 1. The van der Waals surface area contributed by atoms with Crippen LogP contribution in [0.1, 0.15) is 5.69 Å². The first-order valence-corrected chi connectivity index (χ1v) is 4.74. The van der Waals surface area contributed by atoms with Gasteiger partial charge in [0.25, 0.3) is 0 Å². The predicted molar refractivity (Wildman–Crippen MR) is 56.4 cm³/mol. The Labute approximate surface area is 87.3 Å². The first kappa shape index (κ1) is 9.73. The van der Waals surface area contributed by atoms with Crippen LogP contribution >= 0.6 is 0 Å². The van der Waals surface area contributed by atoms with E-state index in [1.807, 2.05) is 12.1 Å². The Hall–Kier alpha value is -1.81. The third kappa shape index (κ3) is 2.16. The molecule has 15 heavy (non-hydrogen) atoms. The van der Waals surface area contributed by atoms with Crippen LogP contribution in [0.4, 0.5) is 0 Å². The van der Waals surface area contributed by atoms with Crippen molar-refractivity contribution in [3.63, 3.8) is 0 Å². The Balaban J connectivity index is 2.29. The fourth-order valence-electron chi connectivity index (χ4n) is 1.37. The molecule has 1 aromatic heterocycles.